The van der Waals surface area contributed by atoms with Gasteiger partial charge in [-0.1, -0.05) is 34.1 Å². The molecule has 1 aromatic heterocycles. The Morgan fingerprint density at radius 1 is 1.23 bits per heavy atom. The Morgan fingerprint density at radius 3 is 2.59 bits per heavy atom. The van der Waals surface area contributed by atoms with Gasteiger partial charge in [0.25, 0.3) is 0 Å². The lowest BCUT2D eigenvalue weighted by Gasteiger charge is -2.16. The molecule has 1 heterocycles. The molecule has 0 aliphatic heterocycles. The Hall–Kier alpha value is -2.10. The molecule has 22 heavy (non-hydrogen) atoms. The summed E-state index contributed by atoms with van der Waals surface area (Å²) in [4.78, 5) is 23.5. The fourth-order valence-electron chi connectivity index (χ4n) is 2.14. The zero-order valence-electron chi connectivity index (χ0n) is 13.6. The third kappa shape index (κ3) is 3.75. The molecule has 2 rings (SSSR count). The van der Waals surface area contributed by atoms with Gasteiger partial charge in [0.2, 0.25) is 0 Å². The van der Waals surface area contributed by atoms with Gasteiger partial charge in [0.05, 0.1) is 0 Å². The zero-order chi connectivity index (χ0) is 16.3. The summed E-state index contributed by atoms with van der Waals surface area (Å²) in [7, 11) is 0. The Morgan fingerprint density at radius 2 is 1.95 bits per heavy atom. The van der Waals surface area contributed by atoms with Crippen LogP contribution in [0.2, 0.25) is 0 Å². The number of hydrogen-bond acceptors (Lipinski definition) is 4. The molecule has 0 bridgehead atoms. The van der Waals surface area contributed by atoms with Crippen molar-refractivity contribution < 1.29 is 13.9 Å². The molecule has 0 N–H and O–H groups in total. The first kappa shape index (κ1) is 16.3. The van der Waals surface area contributed by atoms with Crippen molar-refractivity contribution in [1.82, 2.24) is 0 Å². The van der Waals surface area contributed by atoms with Crippen LogP contribution < -0.4 is 10.4 Å². The van der Waals surface area contributed by atoms with Gasteiger partial charge in [0.1, 0.15) is 17.9 Å². The van der Waals surface area contributed by atoms with Crippen LogP contribution in [-0.2, 0) is 11.2 Å². The van der Waals surface area contributed by atoms with E-state index in [-0.39, 0.29) is 18.0 Å². The zero-order valence-corrected chi connectivity index (χ0v) is 13.6. The van der Waals surface area contributed by atoms with Crippen LogP contribution in [0.1, 0.15) is 39.7 Å². The predicted octanol–water partition coefficient (Wildman–Crippen LogP) is 3.74. The standard InChI is InChI=1S/C18H22O4/c1-5-6-12-9-17(20)22-15-10-13(7-8-14(12)15)21-11-16(19)18(2,3)4/h7-10H,5-6,11H2,1-4H3. The second-order valence-electron chi connectivity index (χ2n) is 6.46. The van der Waals surface area contributed by atoms with Crippen molar-refractivity contribution in [1.29, 1.82) is 0 Å². The fourth-order valence-corrected chi connectivity index (χ4v) is 2.14. The molecular weight excluding hydrogens is 280 g/mol. The number of ketones is 1. The van der Waals surface area contributed by atoms with Gasteiger partial charge < -0.3 is 9.15 Å². The van der Waals surface area contributed by atoms with Gasteiger partial charge >= 0.3 is 5.63 Å². The molecular formula is C18H22O4. The minimum atomic E-state index is -0.433. The molecule has 4 heteroatoms. The minimum absolute atomic E-state index is 0.00783. The van der Waals surface area contributed by atoms with Gasteiger partial charge in [0, 0.05) is 22.9 Å². The summed E-state index contributed by atoms with van der Waals surface area (Å²) in [6.45, 7) is 7.64. The Bertz CT molecular complexity index is 735. The van der Waals surface area contributed by atoms with Crippen LogP contribution in [0.3, 0.4) is 0 Å². The molecule has 0 fully saturated rings. The van der Waals surface area contributed by atoms with E-state index >= 15 is 0 Å². The highest BCUT2D eigenvalue weighted by molar-refractivity contribution is 5.85. The molecule has 0 saturated carbocycles. The number of fused-ring (bicyclic) bond motifs is 1. The number of Topliss-reactive ketones (excluding diaryl/α,β-unsaturated/α-hetero) is 1. The number of rotatable bonds is 5. The van der Waals surface area contributed by atoms with Crippen molar-refractivity contribution >= 4 is 16.8 Å². The number of benzene rings is 1. The van der Waals surface area contributed by atoms with Crippen LogP contribution in [0.25, 0.3) is 11.0 Å². The van der Waals surface area contributed by atoms with Crippen molar-refractivity contribution in [3.8, 4) is 5.75 Å². The van der Waals surface area contributed by atoms with Crippen LogP contribution in [0, 0.1) is 5.41 Å². The number of hydrogen-bond donors (Lipinski definition) is 0. The Labute approximate surface area is 130 Å². The third-order valence-corrected chi connectivity index (χ3v) is 3.53. The highest BCUT2D eigenvalue weighted by Gasteiger charge is 2.21. The van der Waals surface area contributed by atoms with E-state index in [9.17, 15) is 9.59 Å². The smallest absolute Gasteiger partial charge is 0.336 e. The average Bonchev–Trinajstić information content (AvgIpc) is 2.43. The highest BCUT2D eigenvalue weighted by Crippen LogP contribution is 2.24. The number of carbonyl (C=O) groups is 1. The Balaban J connectivity index is 2.27. The molecule has 4 nitrogen and oxygen atoms in total. The van der Waals surface area contributed by atoms with Gasteiger partial charge in [-0.05, 0) is 24.1 Å². The van der Waals surface area contributed by atoms with Crippen LogP contribution in [0.5, 0.6) is 5.75 Å². The largest absolute Gasteiger partial charge is 0.486 e. The summed E-state index contributed by atoms with van der Waals surface area (Å²) in [5, 5.41) is 0.913. The van der Waals surface area contributed by atoms with E-state index in [4.69, 9.17) is 9.15 Å². The molecule has 0 spiro atoms. The number of carbonyl (C=O) groups excluding carboxylic acids is 1. The second kappa shape index (κ2) is 6.34. The lowest BCUT2D eigenvalue weighted by atomic mass is 9.91. The van der Waals surface area contributed by atoms with Gasteiger partial charge in [-0.15, -0.1) is 0 Å². The van der Waals surface area contributed by atoms with Crippen LogP contribution >= 0.6 is 0 Å². The summed E-state index contributed by atoms with van der Waals surface area (Å²) in [6.07, 6.45) is 1.78. The van der Waals surface area contributed by atoms with Crippen molar-refractivity contribution in [2.45, 2.75) is 40.5 Å². The van der Waals surface area contributed by atoms with E-state index in [0.29, 0.717) is 11.3 Å². The van der Waals surface area contributed by atoms with Crippen molar-refractivity contribution in [3.05, 3.63) is 40.2 Å². The lowest BCUT2D eigenvalue weighted by molar-refractivity contribution is -0.128. The summed E-state index contributed by atoms with van der Waals surface area (Å²) in [5.41, 5.74) is 0.680. The topological polar surface area (TPSA) is 56.5 Å². The highest BCUT2D eigenvalue weighted by atomic mass is 16.5. The SMILES string of the molecule is CCCc1cc(=O)oc2cc(OCC(=O)C(C)(C)C)ccc12. The van der Waals surface area contributed by atoms with E-state index in [1.54, 1.807) is 12.1 Å². The molecule has 1 aromatic carbocycles. The molecule has 0 saturated heterocycles. The van der Waals surface area contributed by atoms with E-state index in [1.165, 1.54) is 6.07 Å². The number of ether oxygens (including phenoxy) is 1. The molecule has 118 valence electrons. The van der Waals surface area contributed by atoms with E-state index < -0.39 is 5.41 Å². The first-order chi connectivity index (χ1) is 10.3. The second-order valence-corrected chi connectivity index (χ2v) is 6.46. The molecule has 0 radical (unpaired) electrons. The molecule has 0 aliphatic rings. The normalized spacial score (nSPS) is 11.6. The fraction of sp³-hybridized carbons (Fsp3) is 0.444. The van der Waals surface area contributed by atoms with E-state index in [0.717, 1.165) is 23.8 Å². The maximum atomic E-state index is 11.9. The molecule has 2 aromatic rings. The van der Waals surface area contributed by atoms with E-state index in [1.807, 2.05) is 26.8 Å². The molecule has 0 unspecified atom stereocenters. The monoisotopic (exact) mass is 302 g/mol. The van der Waals surface area contributed by atoms with Crippen molar-refractivity contribution in [3.63, 3.8) is 0 Å². The first-order valence-corrected chi connectivity index (χ1v) is 7.54. The van der Waals surface area contributed by atoms with Crippen LogP contribution in [0.15, 0.2) is 33.5 Å². The number of aryl methyl sites for hydroxylation is 1. The minimum Gasteiger partial charge on any atom is -0.486 e. The molecule has 0 aliphatic carbocycles. The van der Waals surface area contributed by atoms with Gasteiger partial charge in [-0.3, -0.25) is 4.79 Å². The quantitative estimate of drug-likeness (QED) is 0.789. The predicted molar refractivity (Wildman–Crippen MR) is 86.4 cm³/mol. The summed E-state index contributed by atoms with van der Waals surface area (Å²) < 4.78 is 10.8. The van der Waals surface area contributed by atoms with Crippen molar-refractivity contribution in [2.75, 3.05) is 6.61 Å². The summed E-state index contributed by atoms with van der Waals surface area (Å²) in [5.74, 6) is 0.552. The van der Waals surface area contributed by atoms with Gasteiger partial charge in [-0.25, -0.2) is 4.79 Å². The average molecular weight is 302 g/mol. The van der Waals surface area contributed by atoms with Crippen LogP contribution in [-0.4, -0.2) is 12.4 Å². The third-order valence-electron chi connectivity index (χ3n) is 3.53. The lowest BCUT2D eigenvalue weighted by Crippen LogP contribution is -2.26. The first-order valence-electron chi connectivity index (χ1n) is 7.54. The van der Waals surface area contributed by atoms with Gasteiger partial charge in [-0.2, -0.15) is 0 Å². The van der Waals surface area contributed by atoms with Crippen molar-refractivity contribution in [2.24, 2.45) is 5.41 Å². The van der Waals surface area contributed by atoms with Crippen LogP contribution in [0.4, 0.5) is 0 Å². The summed E-state index contributed by atoms with van der Waals surface area (Å²) in [6, 6.07) is 6.89. The Kier molecular flexibility index (Phi) is 4.69. The maximum Gasteiger partial charge on any atom is 0.336 e. The molecule has 0 amide bonds. The summed E-state index contributed by atoms with van der Waals surface area (Å²) >= 11 is 0. The van der Waals surface area contributed by atoms with Gasteiger partial charge in [0.15, 0.2) is 5.78 Å². The maximum absolute atomic E-state index is 11.9. The molecule has 0 atom stereocenters. The van der Waals surface area contributed by atoms with E-state index in [2.05, 4.69) is 6.92 Å².